The van der Waals surface area contributed by atoms with E-state index in [9.17, 15) is 4.79 Å². The predicted octanol–water partition coefficient (Wildman–Crippen LogP) is 0.549. The van der Waals surface area contributed by atoms with Crippen LogP contribution in [0.5, 0.6) is 0 Å². The molecule has 4 heterocycles. The zero-order valence-corrected chi connectivity index (χ0v) is 10.4. The number of nitrogens with one attached hydrogen (secondary N) is 1. The number of rotatable bonds is 2. The summed E-state index contributed by atoms with van der Waals surface area (Å²) in [6, 6.07) is 0.285. The van der Waals surface area contributed by atoms with Crippen molar-refractivity contribution in [3.8, 4) is 0 Å². The minimum absolute atomic E-state index is 0.0864. The van der Waals surface area contributed by atoms with Gasteiger partial charge in [-0.25, -0.2) is 4.98 Å². The molecule has 0 spiro atoms. The van der Waals surface area contributed by atoms with E-state index in [1.54, 1.807) is 5.38 Å². The van der Waals surface area contributed by atoms with Crippen LogP contribution in [0.4, 0.5) is 5.13 Å². The lowest BCUT2D eigenvalue weighted by Gasteiger charge is -2.44. The number of nitrogen functional groups attached to an aromatic ring is 1. The SMILES string of the molecule is Nc1nc(C(=O)NC2CN3CCC2CC3)cs1. The Morgan fingerprint density at radius 1 is 1.53 bits per heavy atom. The Balaban J connectivity index is 1.65. The molecule has 17 heavy (non-hydrogen) atoms. The molecular weight excluding hydrogens is 236 g/mol. The van der Waals surface area contributed by atoms with Gasteiger partial charge in [-0.05, 0) is 31.8 Å². The molecule has 0 saturated carbocycles. The molecule has 3 fully saturated rings. The summed E-state index contributed by atoms with van der Waals surface area (Å²) in [5.41, 5.74) is 5.98. The first-order valence-electron chi connectivity index (χ1n) is 5.96. The smallest absolute Gasteiger partial charge is 0.271 e. The van der Waals surface area contributed by atoms with Gasteiger partial charge in [0.15, 0.2) is 5.13 Å². The second-order valence-corrected chi connectivity index (χ2v) is 5.68. The van der Waals surface area contributed by atoms with Crippen molar-refractivity contribution in [3.63, 3.8) is 0 Å². The van der Waals surface area contributed by atoms with Crippen molar-refractivity contribution in [1.82, 2.24) is 15.2 Å². The molecule has 3 aliphatic rings. The Morgan fingerprint density at radius 2 is 2.29 bits per heavy atom. The third-order valence-electron chi connectivity index (χ3n) is 3.73. The first-order chi connectivity index (χ1) is 8.22. The van der Waals surface area contributed by atoms with Gasteiger partial charge in [-0.1, -0.05) is 0 Å². The molecule has 1 amide bonds. The lowest BCUT2D eigenvalue weighted by atomic mass is 9.84. The molecule has 3 N–H and O–H groups in total. The number of nitrogens with zero attached hydrogens (tertiary/aromatic N) is 2. The van der Waals surface area contributed by atoms with Gasteiger partial charge in [0.2, 0.25) is 0 Å². The van der Waals surface area contributed by atoms with Crippen molar-refractivity contribution in [2.45, 2.75) is 18.9 Å². The van der Waals surface area contributed by atoms with E-state index in [-0.39, 0.29) is 11.9 Å². The number of piperidine rings is 3. The lowest BCUT2D eigenvalue weighted by Crippen LogP contribution is -2.57. The van der Waals surface area contributed by atoms with Gasteiger partial charge in [-0.15, -0.1) is 11.3 Å². The highest BCUT2D eigenvalue weighted by Crippen LogP contribution is 2.27. The van der Waals surface area contributed by atoms with Gasteiger partial charge in [0.1, 0.15) is 5.69 Å². The highest BCUT2D eigenvalue weighted by Gasteiger charge is 2.35. The Morgan fingerprint density at radius 3 is 2.82 bits per heavy atom. The van der Waals surface area contributed by atoms with E-state index in [2.05, 4.69) is 15.2 Å². The average Bonchev–Trinajstić information content (AvgIpc) is 2.77. The maximum absolute atomic E-state index is 12.0. The number of nitrogens with two attached hydrogens (primary N) is 1. The van der Waals surface area contributed by atoms with Gasteiger partial charge < -0.3 is 16.0 Å². The molecule has 6 heteroatoms. The van der Waals surface area contributed by atoms with Crippen LogP contribution in [-0.2, 0) is 0 Å². The number of thiazole rings is 1. The fourth-order valence-electron chi connectivity index (χ4n) is 2.76. The average molecular weight is 252 g/mol. The molecule has 2 bridgehead atoms. The Kier molecular flexibility index (Phi) is 2.76. The van der Waals surface area contributed by atoms with Crippen LogP contribution < -0.4 is 11.1 Å². The van der Waals surface area contributed by atoms with Gasteiger partial charge in [-0.2, -0.15) is 0 Å². The lowest BCUT2D eigenvalue weighted by molar-refractivity contribution is 0.0618. The van der Waals surface area contributed by atoms with Crippen molar-refractivity contribution in [3.05, 3.63) is 11.1 Å². The summed E-state index contributed by atoms with van der Waals surface area (Å²) in [5.74, 6) is 0.552. The molecule has 5 nitrogen and oxygen atoms in total. The number of amides is 1. The van der Waals surface area contributed by atoms with Crippen LogP contribution in [0.2, 0.25) is 0 Å². The maximum Gasteiger partial charge on any atom is 0.271 e. The van der Waals surface area contributed by atoms with Crippen molar-refractivity contribution >= 4 is 22.4 Å². The molecule has 0 radical (unpaired) electrons. The van der Waals surface area contributed by atoms with E-state index in [0.29, 0.717) is 16.7 Å². The molecule has 1 unspecified atom stereocenters. The van der Waals surface area contributed by atoms with Crippen molar-refractivity contribution in [2.75, 3.05) is 25.4 Å². The molecule has 0 aliphatic carbocycles. The number of hydrogen-bond donors (Lipinski definition) is 2. The summed E-state index contributed by atoms with van der Waals surface area (Å²) >= 11 is 1.31. The largest absolute Gasteiger partial charge is 0.375 e. The van der Waals surface area contributed by atoms with Crippen LogP contribution in [0.25, 0.3) is 0 Å². The van der Waals surface area contributed by atoms with Gasteiger partial charge >= 0.3 is 0 Å². The molecule has 1 aromatic heterocycles. The van der Waals surface area contributed by atoms with Crippen molar-refractivity contribution in [2.24, 2.45) is 5.92 Å². The first-order valence-corrected chi connectivity index (χ1v) is 6.84. The van der Waals surface area contributed by atoms with Gasteiger partial charge in [0.25, 0.3) is 5.91 Å². The third kappa shape index (κ3) is 2.14. The Hall–Kier alpha value is -1.14. The van der Waals surface area contributed by atoms with Gasteiger partial charge in [0.05, 0.1) is 0 Å². The summed E-state index contributed by atoms with van der Waals surface area (Å²) in [7, 11) is 0. The minimum Gasteiger partial charge on any atom is -0.375 e. The van der Waals surface area contributed by atoms with E-state index >= 15 is 0 Å². The number of aromatic nitrogens is 1. The fourth-order valence-corrected chi connectivity index (χ4v) is 3.31. The molecular formula is C11H16N4OS. The number of hydrogen-bond acceptors (Lipinski definition) is 5. The zero-order chi connectivity index (χ0) is 11.8. The molecule has 92 valence electrons. The molecule has 0 aromatic carbocycles. The summed E-state index contributed by atoms with van der Waals surface area (Å²) < 4.78 is 0. The number of fused-ring (bicyclic) bond motifs is 3. The number of anilines is 1. The van der Waals surface area contributed by atoms with Crippen LogP contribution in [0.1, 0.15) is 23.3 Å². The second-order valence-electron chi connectivity index (χ2n) is 4.79. The molecule has 4 rings (SSSR count). The van der Waals surface area contributed by atoms with Crippen LogP contribution in [-0.4, -0.2) is 41.5 Å². The zero-order valence-electron chi connectivity index (χ0n) is 9.56. The van der Waals surface area contributed by atoms with Crippen LogP contribution in [0.3, 0.4) is 0 Å². The Bertz CT molecular complexity index is 425. The van der Waals surface area contributed by atoms with E-state index < -0.39 is 0 Å². The second kappa shape index (κ2) is 4.27. The third-order valence-corrected chi connectivity index (χ3v) is 4.40. The normalized spacial score (nSPS) is 31.4. The summed E-state index contributed by atoms with van der Waals surface area (Å²) in [6.45, 7) is 3.34. The summed E-state index contributed by atoms with van der Waals surface area (Å²) in [5, 5.41) is 5.25. The molecule has 1 aromatic rings. The fraction of sp³-hybridized carbons (Fsp3) is 0.636. The predicted molar refractivity (Wildman–Crippen MR) is 66.9 cm³/mol. The maximum atomic E-state index is 12.0. The van der Waals surface area contributed by atoms with Gasteiger partial charge in [-0.3, -0.25) is 4.79 Å². The van der Waals surface area contributed by atoms with Crippen molar-refractivity contribution < 1.29 is 4.79 Å². The monoisotopic (exact) mass is 252 g/mol. The van der Waals surface area contributed by atoms with Crippen LogP contribution in [0.15, 0.2) is 5.38 Å². The number of carbonyl (C=O) groups is 1. The summed E-state index contributed by atoms with van der Waals surface area (Å²) in [4.78, 5) is 18.4. The topological polar surface area (TPSA) is 71.2 Å². The van der Waals surface area contributed by atoms with Gasteiger partial charge in [0, 0.05) is 18.0 Å². The van der Waals surface area contributed by atoms with E-state index in [1.807, 2.05) is 0 Å². The Labute approximate surface area is 104 Å². The quantitative estimate of drug-likeness (QED) is 0.806. The molecule has 1 atom stereocenters. The van der Waals surface area contributed by atoms with E-state index in [0.717, 1.165) is 6.54 Å². The van der Waals surface area contributed by atoms with Crippen LogP contribution >= 0.6 is 11.3 Å². The highest BCUT2D eigenvalue weighted by molar-refractivity contribution is 7.13. The molecule has 3 saturated heterocycles. The van der Waals surface area contributed by atoms with E-state index in [4.69, 9.17) is 5.73 Å². The molecule has 3 aliphatic heterocycles. The van der Waals surface area contributed by atoms with Crippen LogP contribution in [0, 0.1) is 5.92 Å². The number of carbonyl (C=O) groups excluding carboxylic acids is 1. The first kappa shape index (κ1) is 11.0. The summed E-state index contributed by atoms with van der Waals surface area (Å²) in [6.07, 6.45) is 2.40. The van der Waals surface area contributed by atoms with E-state index in [1.165, 1.54) is 37.3 Å². The standard InChI is InChI=1S/C11H16N4OS/c12-11-14-9(6-17-11)10(16)13-8-5-15-3-1-7(8)2-4-15/h6-8H,1-5H2,(H2,12,14)(H,13,16). The minimum atomic E-state index is -0.0864. The van der Waals surface area contributed by atoms with Crippen molar-refractivity contribution in [1.29, 1.82) is 0 Å². The highest BCUT2D eigenvalue weighted by atomic mass is 32.1.